The van der Waals surface area contributed by atoms with E-state index in [0.29, 0.717) is 18.7 Å². The Morgan fingerprint density at radius 3 is 2.53 bits per heavy atom. The Balaban J connectivity index is 1.71. The van der Waals surface area contributed by atoms with Gasteiger partial charge in [0.2, 0.25) is 0 Å². The van der Waals surface area contributed by atoms with Crippen molar-refractivity contribution in [2.45, 2.75) is 30.9 Å². The maximum absolute atomic E-state index is 13.1. The van der Waals surface area contributed by atoms with Crippen molar-refractivity contribution in [1.82, 2.24) is 4.98 Å². The van der Waals surface area contributed by atoms with E-state index in [4.69, 9.17) is 10.00 Å². The molecule has 0 saturated heterocycles. The first-order valence-electron chi connectivity index (χ1n) is 9.66. The summed E-state index contributed by atoms with van der Waals surface area (Å²) >= 11 is 3.35. The van der Waals surface area contributed by atoms with Gasteiger partial charge >= 0.3 is 0 Å². The number of nitrogens with zero attached hydrogens (tertiary/aromatic N) is 3. The highest BCUT2D eigenvalue weighted by Gasteiger charge is 2.18. The van der Waals surface area contributed by atoms with Gasteiger partial charge < -0.3 is 9.64 Å². The molecule has 7 heteroatoms. The molecule has 30 heavy (non-hydrogen) atoms. The first kappa shape index (κ1) is 21.9. The lowest BCUT2D eigenvalue weighted by molar-refractivity contribution is 0.0987. The van der Waals surface area contributed by atoms with Crippen molar-refractivity contribution in [3.05, 3.63) is 70.2 Å². The van der Waals surface area contributed by atoms with Crippen LogP contribution in [0.5, 0.6) is 5.75 Å². The second-order valence-corrected chi connectivity index (χ2v) is 8.57. The number of hydrogen-bond acceptors (Lipinski definition) is 6. The second kappa shape index (κ2) is 10.8. The van der Waals surface area contributed by atoms with Crippen LogP contribution in [-0.2, 0) is 5.75 Å². The number of benzene rings is 2. The Morgan fingerprint density at radius 1 is 1.20 bits per heavy atom. The molecular formula is C23H23N3O2S2. The van der Waals surface area contributed by atoms with E-state index < -0.39 is 0 Å². The molecule has 0 unspecified atom stereocenters. The number of thioether (sulfide) groups is 1. The number of rotatable bonds is 9. The molecule has 5 nitrogen and oxygen atoms in total. The molecule has 1 heterocycles. The zero-order valence-corrected chi connectivity index (χ0v) is 18.6. The molecule has 2 aromatic carbocycles. The quantitative estimate of drug-likeness (QED) is 0.402. The van der Waals surface area contributed by atoms with Gasteiger partial charge in [-0.15, -0.1) is 23.1 Å². The summed E-state index contributed by atoms with van der Waals surface area (Å²) in [6.45, 7) is 4.85. The largest absolute Gasteiger partial charge is 0.494 e. The number of carbonyl (C=O) groups is 1. The molecule has 1 aromatic heterocycles. The monoisotopic (exact) mass is 437 g/mol. The molecule has 0 saturated carbocycles. The Hall–Kier alpha value is -2.82. The van der Waals surface area contributed by atoms with Crippen molar-refractivity contribution < 1.29 is 9.53 Å². The van der Waals surface area contributed by atoms with Gasteiger partial charge in [0.25, 0.3) is 5.91 Å². The van der Waals surface area contributed by atoms with E-state index in [2.05, 4.69) is 16.4 Å². The van der Waals surface area contributed by atoms with Crippen LogP contribution in [0.15, 0.2) is 58.8 Å². The predicted molar refractivity (Wildman–Crippen MR) is 122 cm³/mol. The summed E-state index contributed by atoms with van der Waals surface area (Å²) < 4.78 is 5.47. The van der Waals surface area contributed by atoms with E-state index >= 15 is 0 Å². The summed E-state index contributed by atoms with van der Waals surface area (Å²) in [5.41, 5.74) is 2.41. The summed E-state index contributed by atoms with van der Waals surface area (Å²) in [5.74, 6) is 1.43. The maximum Gasteiger partial charge on any atom is 0.258 e. The molecule has 0 atom stereocenters. The van der Waals surface area contributed by atoms with Crippen molar-refractivity contribution in [2.75, 3.05) is 18.1 Å². The fraction of sp³-hybridized carbons (Fsp3) is 0.261. The van der Waals surface area contributed by atoms with Gasteiger partial charge in [-0.25, -0.2) is 4.98 Å². The molecule has 0 aliphatic rings. The minimum atomic E-state index is -0.124. The fourth-order valence-corrected chi connectivity index (χ4v) is 4.39. The highest BCUT2D eigenvalue weighted by atomic mass is 32.2. The molecule has 0 radical (unpaired) electrons. The standard InChI is InChI=1S/C23H23N3O2S2/c1-3-28-21-9-7-20(8-10-21)26(14-4-13-24)23(27)18-5-11-22(12-6-18)30-16-19-15-29-17(2)25-19/h5-12,15H,3-4,14,16H2,1-2H3. The SMILES string of the molecule is CCOc1ccc(N(CCC#N)C(=O)c2ccc(SCc3csc(C)n3)cc2)cc1. The third-order valence-electron chi connectivity index (χ3n) is 4.31. The highest BCUT2D eigenvalue weighted by Crippen LogP contribution is 2.26. The minimum Gasteiger partial charge on any atom is -0.494 e. The summed E-state index contributed by atoms with van der Waals surface area (Å²) in [4.78, 5) is 20.3. The van der Waals surface area contributed by atoms with E-state index in [9.17, 15) is 4.79 Å². The summed E-state index contributed by atoms with van der Waals surface area (Å²) in [5, 5.41) is 12.1. The second-order valence-electron chi connectivity index (χ2n) is 6.46. The number of aryl methyl sites for hydroxylation is 1. The van der Waals surface area contributed by atoms with Gasteiger partial charge in [-0.1, -0.05) is 0 Å². The van der Waals surface area contributed by atoms with Gasteiger partial charge in [-0.3, -0.25) is 4.79 Å². The number of aromatic nitrogens is 1. The number of ether oxygens (including phenoxy) is 1. The molecule has 0 aliphatic heterocycles. The highest BCUT2D eigenvalue weighted by molar-refractivity contribution is 7.98. The van der Waals surface area contributed by atoms with Crippen molar-refractivity contribution in [3.8, 4) is 11.8 Å². The summed E-state index contributed by atoms with van der Waals surface area (Å²) in [6.07, 6.45) is 0.264. The number of nitriles is 1. The third-order valence-corrected chi connectivity index (χ3v) is 6.17. The van der Waals surface area contributed by atoms with Crippen LogP contribution in [0.4, 0.5) is 5.69 Å². The minimum absolute atomic E-state index is 0.124. The third kappa shape index (κ3) is 5.85. The average molecular weight is 438 g/mol. The van der Waals surface area contributed by atoms with Crippen LogP contribution < -0.4 is 9.64 Å². The number of hydrogen-bond donors (Lipinski definition) is 0. The zero-order valence-electron chi connectivity index (χ0n) is 17.0. The van der Waals surface area contributed by atoms with Crippen LogP contribution in [0.1, 0.15) is 34.4 Å². The molecule has 0 fully saturated rings. The lowest BCUT2D eigenvalue weighted by Crippen LogP contribution is -2.31. The Bertz CT molecular complexity index is 1010. The van der Waals surface area contributed by atoms with Crippen molar-refractivity contribution in [2.24, 2.45) is 0 Å². The molecular weight excluding hydrogens is 414 g/mol. The molecule has 3 aromatic rings. The molecule has 0 N–H and O–H groups in total. The molecule has 3 rings (SSSR count). The van der Waals surface area contributed by atoms with Crippen LogP contribution in [0.2, 0.25) is 0 Å². The number of anilines is 1. The van der Waals surface area contributed by atoms with Gasteiger partial charge in [0.15, 0.2) is 0 Å². The van der Waals surface area contributed by atoms with E-state index in [1.165, 1.54) is 0 Å². The van der Waals surface area contributed by atoms with Crippen LogP contribution in [-0.4, -0.2) is 24.0 Å². The van der Waals surface area contributed by atoms with Crippen molar-refractivity contribution in [1.29, 1.82) is 5.26 Å². The van der Waals surface area contributed by atoms with Crippen molar-refractivity contribution >= 4 is 34.7 Å². The Kier molecular flexibility index (Phi) is 7.89. The Labute approximate surface area is 185 Å². The lowest BCUT2D eigenvalue weighted by Gasteiger charge is -2.22. The maximum atomic E-state index is 13.1. The predicted octanol–water partition coefficient (Wildman–Crippen LogP) is 5.70. The number of carbonyl (C=O) groups excluding carboxylic acids is 1. The Morgan fingerprint density at radius 2 is 1.93 bits per heavy atom. The van der Waals surface area contributed by atoms with Gasteiger partial charge in [-0.2, -0.15) is 5.26 Å². The first-order valence-corrected chi connectivity index (χ1v) is 11.5. The first-order chi connectivity index (χ1) is 14.6. The number of thiazole rings is 1. The summed E-state index contributed by atoms with van der Waals surface area (Å²) in [7, 11) is 0. The normalized spacial score (nSPS) is 10.4. The topological polar surface area (TPSA) is 66.2 Å². The fourth-order valence-electron chi connectivity index (χ4n) is 2.88. The average Bonchev–Trinajstić information content (AvgIpc) is 3.19. The molecule has 0 aliphatic carbocycles. The van der Waals surface area contributed by atoms with Crippen LogP contribution in [0, 0.1) is 18.3 Å². The van der Waals surface area contributed by atoms with Gasteiger partial charge in [0.1, 0.15) is 5.75 Å². The van der Waals surface area contributed by atoms with Crippen LogP contribution in [0.3, 0.4) is 0 Å². The van der Waals surface area contributed by atoms with Gasteiger partial charge in [-0.05, 0) is 62.4 Å². The van der Waals surface area contributed by atoms with Crippen LogP contribution >= 0.6 is 23.1 Å². The van der Waals surface area contributed by atoms with Gasteiger partial charge in [0.05, 0.1) is 29.8 Å². The van der Waals surface area contributed by atoms with Gasteiger partial charge in [0, 0.05) is 33.8 Å². The summed E-state index contributed by atoms with van der Waals surface area (Å²) in [6, 6.07) is 17.1. The lowest BCUT2D eigenvalue weighted by atomic mass is 10.1. The van der Waals surface area contributed by atoms with E-state index in [-0.39, 0.29) is 12.3 Å². The number of amides is 1. The van der Waals surface area contributed by atoms with E-state index in [1.54, 1.807) is 28.0 Å². The van der Waals surface area contributed by atoms with E-state index in [0.717, 1.165) is 32.8 Å². The van der Waals surface area contributed by atoms with Crippen LogP contribution in [0.25, 0.3) is 0 Å². The molecule has 154 valence electrons. The zero-order chi connectivity index (χ0) is 21.3. The molecule has 1 amide bonds. The molecule has 0 spiro atoms. The molecule has 0 bridgehead atoms. The smallest absolute Gasteiger partial charge is 0.258 e. The van der Waals surface area contributed by atoms with E-state index in [1.807, 2.05) is 62.4 Å². The van der Waals surface area contributed by atoms with Crippen molar-refractivity contribution in [3.63, 3.8) is 0 Å².